The molecule has 0 unspecified atom stereocenters. The maximum Gasteiger partial charge on any atom is 0.322 e. The van der Waals surface area contributed by atoms with Crippen molar-refractivity contribution in [1.29, 1.82) is 0 Å². The third kappa shape index (κ3) is 2.93. The van der Waals surface area contributed by atoms with Gasteiger partial charge in [-0.25, -0.2) is 4.79 Å². The summed E-state index contributed by atoms with van der Waals surface area (Å²) in [6, 6.07) is 13.1. The summed E-state index contributed by atoms with van der Waals surface area (Å²) in [5, 5.41) is 3.90. The smallest absolute Gasteiger partial charge is 0.322 e. The van der Waals surface area contributed by atoms with Crippen molar-refractivity contribution in [3.63, 3.8) is 0 Å². The SMILES string of the molecule is Cc1ccc2cccc(NC(=O)N(C)Cc3ccco3)c2n1. The van der Waals surface area contributed by atoms with E-state index in [0.29, 0.717) is 12.2 Å². The maximum atomic E-state index is 12.3. The molecule has 2 heterocycles. The van der Waals surface area contributed by atoms with Crippen LogP contribution in [0.3, 0.4) is 0 Å². The van der Waals surface area contributed by atoms with Crippen LogP contribution in [0.25, 0.3) is 10.9 Å². The van der Waals surface area contributed by atoms with E-state index in [1.165, 1.54) is 0 Å². The minimum Gasteiger partial charge on any atom is -0.467 e. The first-order valence-corrected chi connectivity index (χ1v) is 7.04. The summed E-state index contributed by atoms with van der Waals surface area (Å²) in [7, 11) is 1.72. The molecule has 2 amide bonds. The van der Waals surface area contributed by atoms with Gasteiger partial charge >= 0.3 is 6.03 Å². The second-order valence-corrected chi connectivity index (χ2v) is 5.20. The number of nitrogens with zero attached hydrogens (tertiary/aromatic N) is 2. The molecule has 22 heavy (non-hydrogen) atoms. The number of furan rings is 1. The number of aryl methyl sites for hydroxylation is 1. The number of anilines is 1. The standard InChI is InChI=1S/C17H17N3O2/c1-12-8-9-13-5-3-7-15(16(13)18-12)19-17(21)20(2)11-14-6-4-10-22-14/h3-10H,11H2,1-2H3,(H,19,21). The van der Waals surface area contributed by atoms with E-state index in [1.54, 1.807) is 24.3 Å². The van der Waals surface area contributed by atoms with Crippen LogP contribution in [0.2, 0.25) is 0 Å². The summed E-state index contributed by atoms with van der Waals surface area (Å²) >= 11 is 0. The van der Waals surface area contributed by atoms with Crippen molar-refractivity contribution in [3.8, 4) is 0 Å². The minimum absolute atomic E-state index is 0.202. The summed E-state index contributed by atoms with van der Waals surface area (Å²) in [4.78, 5) is 18.4. The van der Waals surface area contributed by atoms with E-state index in [9.17, 15) is 4.79 Å². The average Bonchev–Trinajstić information content (AvgIpc) is 3.00. The van der Waals surface area contributed by atoms with Crippen LogP contribution in [0.1, 0.15) is 11.5 Å². The summed E-state index contributed by atoms with van der Waals surface area (Å²) in [6.07, 6.45) is 1.60. The fourth-order valence-corrected chi connectivity index (χ4v) is 2.26. The van der Waals surface area contributed by atoms with Gasteiger partial charge in [-0.05, 0) is 31.2 Å². The van der Waals surface area contributed by atoms with Crippen LogP contribution in [0.15, 0.2) is 53.1 Å². The number of para-hydroxylation sites is 1. The fraction of sp³-hybridized carbons (Fsp3) is 0.176. The number of benzene rings is 1. The predicted octanol–water partition coefficient (Wildman–Crippen LogP) is 3.80. The number of amides is 2. The van der Waals surface area contributed by atoms with E-state index in [2.05, 4.69) is 10.3 Å². The van der Waals surface area contributed by atoms with Crippen LogP contribution in [0, 0.1) is 6.92 Å². The number of carbonyl (C=O) groups is 1. The van der Waals surface area contributed by atoms with Crippen molar-refractivity contribution >= 4 is 22.6 Å². The van der Waals surface area contributed by atoms with E-state index < -0.39 is 0 Å². The van der Waals surface area contributed by atoms with E-state index in [0.717, 1.165) is 22.4 Å². The van der Waals surface area contributed by atoms with Crippen LogP contribution < -0.4 is 5.32 Å². The largest absolute Gasteiger partial charge is 0.467 e. The van der Waals surface area contributed by atoms with Gasteiger partial charge in [0.1, 0.15) is 5.76 Å². The molecule has 112 valence electrons. The van der Waals surface area contributed by atoms with E-state index >= 15 is 0 Å². The zero-order valence-corrected chi connectivity index (χ0v) is 12.5. The molecule has 0 saturated heterocycles. The first-order chi connectivity index (χ1) is 10.6. The van der Waals surface area contributed by atoms with Crippen LogP contribution in [0.5, 0.6) is 0 Å². The van der Waals surface area contributed by atoms with Gasteiger partial charge in [-0.2, -0.15) is 0 Å². The molecule has 0 radical (unpaired) electrons. The maximum absolute atomic E-state index is 12.3. The Labute approximate surface area is 128 Å². The highest BCUT2D eigenvalue weighted by atomic mass is 16.3. The Morgan fingerprint density at radius 2 is 2.09 bits per heavy atom. The van der Waals surface area contributed by atoms with Crippen molar-refractivity contribution in [3.05, 3.63) is 60.2 Å². The zero-order valence-electron chi connectivity index (χ0n) is 12.5. The van der Waals surface area contributed by atoms with Gasteiger partial charge in [-0.15, -0.1) is 0 Å². The zero-order chi connectivity index (χ0) is 15.5. The van der Waals surface area contributed by atoms with Crippen molar-refractivity contribution in [2.75, 3.05) is 12.4 Å². The Bertz CT molecular complexity index is 797. The molecule has 0 aliphatic carbocycles. The second kappa shape index (κ2) is 5.89. The van der Waals surface area contributed by atoms with Gasteiger partial charge in [0.25, 0.3) is 0 Å². The molecule has 0 spiro atoms. The normalized spacial score (nSPS) is 10.6. The van der Waals surface area contributed by atoms with Crippen molar-refractivity contribution < 1.29 is 9.21 Å². The number of fused-ring (bicyclic) bond motifs is 1. The highest BCUT2D eigenvalue weighted by Gasteiger charge is 2.12. The van der Waals surface area contributed by atoms with Gasteiger partial charge in [0, 0.05) is 18.1 Å². The monoisotopic (exact) mass is 295 g/mol. The Balaban J connectivity index is 1.80. The number of carbonyl (C=O) groups excluding carboxylic acids is 1. The van der Waals surface area contributed by atoms with Gasteiger partial charge in [0.2, 0.25) is 0 Å². The average molecular weight is 295 g/mol. The third-order valence-corrected chi connectivity index (χ3v) is 3.42. The quantitative estimate of drug-likeness (QED) is 0.799. The van der Waals surface area contributed by atoms with Crippen molar-refractivity contribution in [2.45, 2.75) is 13.5 Å². The number of hydrogen-bond acceptors (Lipinski definition) is 3. The number of aromatic nitrogens is 1. The molecule has 0 atom stereocenters. The number of nitrogens with one attached hydrogen (secondary N) is 1. The van der Waals surface area contributed by atoms with E-state index in [4.69, 9.17) is 4.42 Å². The molecule has 0 fully saturated rings. The lowest BCUT2D eigenvalue weighted by atomic mass is 10.2. The Kier molecular flexibility index (Phi) is 3.78. The Morgan fingerprint density at radius 1 is 1.23 bits per heavy atom. The molecule has 3 aromatic rings. The van der Waals surface area contributed by atoms with Crippen LogP contribution in [0.4, 0.5) is 10.5 Å². The van der Waals surface area contributed by atoms with Crippen LogP contribution in [-0.2, 0) is 6.54 Å². The molecule has 2 aromatic heterocycles. The third-order valence-electron chi connectivity index (χ3n) is 3.42. The topological polar surface area (TPSA) is 58.4 Å². The van der Waals surface area contributed by atoms with Gasteiger partial charge < -0.3 is 14.6 Å². The van der Waals surface area contributed by atoms with Crippen LogP contribution in [-0.4, -0.2) is 23.0 Å². The second-order valence-electron chi connectivity index (χ2n) is 5.20. The molecule has 0 aliphatic rings. The molecule has 0 bridgehead atoms. The van der Waals surface area contributed by atoms with Crippen molar-refractivity contribution in [2.24, 2.45) is 0 Å². The summed E-state index contributed by atoms with van der Waals surface area (Å²) in [5.41, 5.74) is 2.41. The lowest BCUT2D eigenvalue weighted by Crippen LogP contribution is -2.30. The lowest BCUT2D eigenvalue weighted by molar-refractivity contribution is 0.217. The molecular weight excluding hydrogens is 278 g/mol. The first kappa shape index (κ1) is 14.1. The van der Waals surface area contributed by atoms with E-state index in [-0.39, 0.29) is 6.03 Å². The number of urea groups is 1. The van der Waals surface area contributed by atoms with Crippen molar-refractivity contribution in [1.82, 2.24) is 9.88 Å². The Morgan fingerprint density at radius 3 is 2.86 bits per heavy atom. The molecule has 5 heteroatoms. The van der Waals surface area contributed by atoms with Gasteiger partial charge in [-0.1, -0.05) is 18.2 Å². The molecule has 0 aliphatic heterocycles. The number of pyridine rings is 1. The molecule has 3 rings (SSSR count). The van der Waals surface area contributed by atoms with Gasteiger partial charge in [0.15, 0.2) is 0 Å². The highest BCUT2D eigenvalue weighted by Crippen LogP contribution is 2.22. The molecule has 1 N–H and O–H groups in total. The Hall–Kier alpha value is -2.82. The van der Waals surface area contributed by atoms with Gasteiger partial charge in [-0.3, -0.25) is 4.98 Å². The van der Waals surface area contributed by atoms with Crippen LogP contribution >= 0.6 is 0 Å². The predicted molar refractivity (Wildman–Crippen MR) is 85.7 cm³/mol. The van der Waals surface area contributed by atoms with Gasteiger partial charge in [0.05, 0.1) is 24.0 Å². The molecular formula is C17H17N3O2. The minimum atomic E-state index is -0.202. The summed E-state index contributed by atoms with van der Waals surface area (Å²) < 4.78 is 5.26. The summed E-state index contributed by atoms with van der Waals surface area (Å²) in [5.74, 6) is 0.740. The highest BCUT2D eigenvalue weighted by molar-refractivity contribution is 5.99. The van der Waals surface area contributed by atoms with E-state index in [1.807, 2.05) is 43.3 Å². The lowest BCUT2D eigenvalue weighted by Gasteiger charge is -2.17. The number of rotatable bonds is 3. The summed E-state index contributed by atoms with van der Waals surface area (Å²) in [6.45, 7) is 2.34. The molecule has 5 nitrogen and oxygen atoms in total. The fourth-order valence-electron chi connectivity index (χ4n) is 2.26. The number of hydrogen-bond donors (Lipinski definition) is 1. The molecule has 1 aromatic carbocycles. The molecule has 0 saturated carbocycles. The first-order valence-electron chi connectivity index (χ1n) is 7.04.